The number of alkyl halides is 3. The Morgan fingerprint density at radius 3 is 2.38 bits per heavy atom. The number of para-hydroxylation sites is 1. The summed E-state index contributed by atoms with van der Waals surface area (Å²) in [7, 11) is 0. The van der Waals surface area contributed by atoms with Gasteiger partial charge in [-0.25, -0.2) is 0 Å². The molecule has 5 heteroatoms. The predicted octanol–water partition coefficient (Wildman–Crippen LogP) is 4.36. The van der Waals surface area contributed by atoms with Crippen LogP contribution in [0.2, 0.25) is 0 Å². The maximum Gasteiger partial charge on any atom is 0.416 e. The Labute approximate surface area is 119 Å². The van der Waals surface area contributed by atoms with Crippen LogP contribution in [0.5, 0.6) is 0 Å². The second-order valence-electron chi connectivity index (χ2n) is 4.31. The Morgan fingerprint density at radius 1 is 1.00 bits per heavy atom. The lowest BCUT2D eigenvalue weighted by molar-refractivity contribution is -0.137. The molecule has 0 radical (unpaired) electrons. The molecule has 0 saturated carbocycles. The average Bonchev–Trinajstić information content (AvgIpc) is 2.46. The Balaban J connectivity index is 2.06. The van der Waals surface area contributed by atoms with Gasteiger partial charge >= 0.3 is 6.18 Å². The number of benzene rings is 2. The fourth-order valence-corrected chi connectivity index (χ4v) is 1.70. The summed E-state index contributed by atoms with van der Waals surface area (Å²) in [5.41, 5.74) is 0.192. The summed E-state index contributed by atoms with van der Waals surface area (Å²) in [6, 6.07) is 13.6. The second kappa shape index (κ2) is 6.26. The highest BCUT2D eigenvalue weighted by Crippen LogP contribution is 2.29. The SMILES string of the molecule is O=C(/C=C/c1cccc(C(F)(F)F)c1)Nc1ccccc1. The second-order valence-corrected chi connectivity index (χ2v) is 4.31. The molecule has 2 aromatic rings. The van der Waals surface area contributed by atoms with Crippen molar-refractivity contribution in [2.75, 3.05) is 5.32 Å². The smallest absolute Gasteiger partial charge is 0.323 e. The van der Waals surface area contributed by atoms with Gasteiger partial charge in [0.15, 0.2) is 0 Å². The van der Waals surface area contributed by atoms with E-state index in [1.807, 2.05) is 6.07 Å². The summed E-state index contributed by atoms with van der Waals surface area (Å²) < 4.78 is 37.7. The molecule has 1 N–H and O–H groups in total. The summed E-state index contributed by atoms with van der Waals surface area (Å²) in [6.45, 7) is 0. The van der Waals surface area contributed by atoms with Gasteiger partial charge < -0.3 is 5.32 Å². The Kier molecular flexibility index (Phi) is 4.42. The van der Waals surface area contributed by atoms with E-state index in [1.165, 1.54) is 24.3 Å². The van der Waals surface area contributed by atoms with Crippen molar-refractivity contribution in [2.24, 2.45) is 0 Å². The summed E-state index contributed by atoms with van der Waals surface area (Å²) >= 11 is 0. The molecule has 2 nitrogen and oxygen atoms in total. The van der Waals surface area contributed by atoms with Crippen molar-refractivity contribution < 1.29 is 18.0 Å². The molecule has 0 atom stereocenters. The summed E-state index contributed by atoms with van der Waals surface area (Å²) in [5, 5.41) is 2.61. The number of carbonyl (C=O) groups excluding carboxylic acids is 1. The molecule has 0 aliphatic heterocycles. The van der Waals surface area contributed by atoms with E-state index in [0.717, 1.165) is 12.1 Å². The van der Waals surface area contributed by atoms with Gasteiger partial charge in [-0.1, -0.05) is 30.3 Å². The van der Waals surface area contributed by atoms with Gasteiger partial charge in [-0.05, 0) is 35.9 Å². The zero-order chi connectivity index (χ0) is 15.3. The lowest BCUT2D eigenvalue weighted by atomic mass is 10.1. The standard InChI is InChI=1S/C16H12F3NO/c17-16(18,19)13-6-4-5-12(11-13)9-10-15(21)20-14-7-2-1-3-8-14/h1-11H,(H,20,21)/b10-9+. The van der Waals surface area contributed by atoms with Gasteiger partial charge in [-0.3, -0.25) is 4.79 Å². The molecule has 0 aliphatic rings. The van der Waals surface area contributed by atoms with Crippen molar-refractivity contribution in [3.63, 3.8) is 0 Å². The van der Waals surface area contributed by atoms with Crippen LogP contribution in [0.3, 0.4) is 0 Å². The monoisotopic (exact) mass is 291 g/mol. The normalized spacial score (nSPS) is 11.6. The van der Waals surface area contributed by atoms with Crippen molar-refractivity contribution in [1.29, 1.82) is 0 Å². The van der Waals surface area contributed by atoms with Crippen molar-refractivity contribution in [3.05, 3.63) is 71.8 Å². The summed E-state index contributed by atoms with van der Waals surface area (Å²) in [6.07, 6.45) is -1.86. The number of amides is 1. The minimum absolute atomic E-state index is 0.313. The first-order valence-corrected chi connectivity index (χ1v) is 6.16. The Hall–Kier alpha value is -2.56. The third-order valence-electron chi connectivity index (χ3n) is 2.68. The minimum atomic E-state index is -4.39. The van der Waals surface area contributed by atoms with Crippen molar-refractivity contribution in [2.45, 2.75) is 6.18 Å². The van der Waals surface area contributed by atoms with E-state index in [-0.39, 0.29) is 0 Å². The molecule has 108 valence electrons. The van der Waals surface area contributed by atoms with Gasteiger partial charge in [-0.15, -0.1) is 0 Å². The molecule has 0 spiro atoms. The predicted molar refractivity (Wildman–Crippen MR) is 75.5 cm³/mol. The molecule has 1 amide bonds. The minimum Gasteiger partial charge on any atom is -0.323 e. The molecular weight excluding hydrogens is 279 g/mol. The van der Waals surface area contributed by atoms with Crippen LogP contribution in [0.25, 0.3) is 6.08 Å². The molecule has 0 saturated heterocycles. The van der Waals surface area contributed by atoms with Gasteiger partial charge in [0.05, 0.1) is 5.56 Å². The fraction of sp³-hybridized carbons (Fsp3) is 0.0625. The van der Waals surface area contributed by atoms with Crippen LogP contribution in [-0.2, 0) is 11.0 Å². The number of hydrogen-bond acceptors (Lipinski definition) is 1. The number of nitrogens with one attached hydrogen (secondary N) is 1. The van der Waals surface area contributed by atoms with Crippen LogP contribution in [0.1, 0.15) is 11.1 Å². The highest BCUT2D eigenvalue weighted by atomic mass is 19.4. The lowest BCUT2D eigenvalue weighted by Crippen LogP contribution is -2.07. The number of anilines is 1. The maximum atomic E-state index is 12.6. The van der Waals surface area contributed by atoms with Crippen LogP contribution < -0.4 is 5.32 Å². The molecule has 2 aromatic carbocycles. The number of rotatable bonds is 3. The fourth-order valence-electron chi connectivity index (χ4n) is 1.70. The van der Waals surface area contributed by atoms with Crippen molar-refractivity contribution in [3.8, 4) is 0 Å². The number of halogens is 3. The number of hydrogen-bond donors (Lipinski definition) is 1. The van der Waals surface area contributed by atoms with Crippen LogP contribution >= 0.6 is 0 Å². The van der Waals surface area contributed by atoms with Crippen molar-refractivity contribution in [1.82, 2.24) is 0 Å². The molecule has 0 bridgehead atoms. The quantitative estimate of drug-likeness (QED) is 0.836. The first-order chi connectivity index (χ1) is 9.95. The van der Waals surface area contributed by atoms with Gasteiger partial charge in [0.1, 0.15) is 0 Å². The van der Waals surface area contributed by atoms with E-state index in [2.05, 4.69) is 5.32 Å². The topological polar surface area (TPSA) is 29.1 Å². The van der Waals surface area contributed by atoms with Crippen LogP contribution in [0, 0.1) is 0 Å². The maximum absolute atomic E-state index is 12.6. The number of carbonyl (C=O) groups is 1. The van der Waals surface area contributed by atoms with E-state index in [1.54, 1.807) is 24.3 Å². The highest BCUT2D eigenvalue weighted by Gasteiger charge is 2.30. The third kappa shape index (κ3) is 4.49. The molecule has 2 rings (SSSR count). The molecule has 21 heavy (non-hydrogen) atoms. The van der Waals surface area contributed by atoms with E-state index < -0.39 is 17.6 Å². The summed E-state index contributed by atoms with van der Waals surface area (Å²) in [5.74, 6) is -0.404. The molecule has 0 aliphatic carbocycles. The lowest BCUT2D eigenvalue weighted by Gasteiger charge is -2.06. The Morgan fingerprint density at radius 2 is 1.71 bits per heavy atom. The molecule has 0 aromatic heterocycles. The van der Waals surface area contributed by atoms with E-state index in [9.17, 15) is 18.0 Å². The van der Waals surface area contributed by atoms with Gasteiger partial charge in [-0.2, -0.15) is 13.2 Å². The van der Waals surface area contributed by atoms with Gasteiger partial charge in [0.25, 0.3) is 0 Å². The van der Waals surface area contributed by atoms with Crippen LogP contribution in [-0.4, -0.2) is 5.91 Å². The van der Waals surface area contributed by atoms with E-state index in [0.29, 0.717) is 11.3 Å². The molecular formula is C16H12F3NO. The highest BCUT2D eigenvalue weighted by molar-refractivity contribution is 6.01. The van der Waals surface area contributed by atoms with Crippen LogP contribution in [0.4, 0.5) is 18.9 Å². The van der Waals surface area contributed by atoms with Crippen molar-refractivity contribution >= 4 is 17.7 Å². The molecule has 0 heterocycles. The average molecular weight is 291 g/mol. The van der Waals surface area contributed by atoms with Gasteiger partial charge in [0.2, 0.25) is 5.91 Å². The van der Waals surface area contributed by atoms with Crippen LogP contribution in [0.15, 0.2) is 60.7 Å². The Bertz CT molecular complexity index is 648. The molecule has 0 unspecified atom stereocenters. The van der Waals surface area contributed by atoms with E-state index >= 15 is 0 Å². The summed E-state index contributed by atoms with van der Waals surface area (Å²) in [4.78, 5) is 11.6. The molecule has 0 fully saturated rings. The van der Waals surface area contributed by atoms with E-state index in [4.69, 9.17) is 0 Å². The zero-order valence-electron chi connectivity index (χ0n) is 10.9. The first kappa shape index (κ1) is 14.8. The largest absolute Gasteiger partial charge is 0.416 e. The van der Waals surface area contributed by atoms with Gasteiger partial charge in [0, 0.05) is 11.8 Å². The first-order valence-electron chi connectivity index (χ1n) is 6.16. The third-order valence-corrected chi connectivity index (χ3v) is 2.68. The zero-order valence-corrected chi connectivity index (χ0v) is 10.9.